The summed E-state index contributed by atoms with van der Waals surface area (Å²) in [5.41, 5.74) is 1.23. The van der Waals surface area contributed by atoms with E-state index in [1.54, 1.807) is 24.3 Å². The Morgan fingerprint density at radius 2 is 1.91 bits per heavy atom. The molecule has 22 heavy (non-hydrogen) atoms. The molecule has 6 heteroatoms. The van der Waals surface area contributed by atoms with Crippen LogP contribution in [0.2, 0.25) is 0 Å². The molecule has 2 N–H and O–H groups in total. The summed E-state index contributed by atoms with van der Waals surface area (Å²) in [6.07, 6.45) is 1.97. The van der Waals surface area contributed by atoms with Gasteiger partial charge >= 0.3 is 0 Å². The monoisotopic (exact) mass is 302 g/mol. The molecule has 116 valence electrons. The van der Waals surface area contributed by atoms with Crippen LogP contribution >= 0.6 is 0 Å². The lowest BCUT2D eigenvalue weighted by Gasteiger charge is -2.06. The number of halogens is 1. The predicted molar refractivity (Wildman–Crippen MR) is 83.0 cm³/mol. The number of rotatable bonds is 7. The first-order chi connectivity index (χ1) is 10.7. The predicted octanol–water partition coefficient (Wildman–Crippen LogP) is 2.76. The molecule has 2 aromatic rings. The van der Waals surface area contributed by atoms with E-state index in [0.717, 1.165) is 18.4 Å². The summed E-state index contributed by atoms with van der Waals surface area (Å²) in [7, 11) is 0. The zero-order chi connectivity index (χ0) is 15.8. The first-order valence-electron chi connectivity index (χ1n) is 7.29. The van der Waals surface area contributed by atoms with Crippen molar-refractivity contribution in [3.05, 3.63) is 53.5 Å². The number of anilines is 1. The van der Waals surface area contributed by atoms with Gasteiger partial charge in [0.1, 0.15) is 11.6 Å². The van der Waals surface area contributed by atoms with Crippen LogP contribution in [-0.2, 0) is 6.54 Å². The summed E-state index contributed by atoms with van der Waals surface area (Å²) < 4.78 is 12.8. The molecule has 1 aromatic heterocycles. The van der Waals surface area contributed by atoms with Crippen LogP contribution in [0.1, 0.15) is 35.8 Å². The number of hydrogen-bond acceptors (Lipinski definition) is 4. The van der Waals surface area contributed by atoms with E-state index >= 15 is 0 Å². The standard InChI is InChI=1S/C16H19FN4O/c1-2-3-10-18-16(22)14-8-9-15(21-20-14)19-11-12-4-6-13(17)7-5-12/h4-9H,2-3,10-11H2,1H3,(H,18,22)(H,19,21). The quantitative estimate of drug-likeness (QED) is 0.772. The highest BCUT2D eigenvalue weighted by atomic mass is 19.1. The minimum absolute atomic E-state index is 0.217. The van der Waals surface area contributed by atoms with Crippen LogP contribution < -0.4 is 10.6 Å². The molecule has 2 rings (SSSR count). The van der Waals surface area contributed by atoms with Gasteiger partial charge in [0, 0.05) is 13.1 Å². The van der Waals surface area contributed by atoms with Crippen molar-refractivity contribution < 1.29 is 9.18 Å². The Morgan fingerprint density at radius 1 is 1.14 bits per heavy atom. The first kappa shape index (κ1) is 15.9. The van der Waals surface area contributed by atoms with Crippen molar-refractivity contribution in [2.75, 3.05) is 11.9 Å². The molecule has 1 amide bonds. The lowest BCUT2D eigenvalue weighted by molar-refractivity contribution is 0.0947. The number of aromatic nitrogens is 2. The van der Waals surface area contributed by atoms with Crippen molar-refractivity contribution in [1.82, 2.24) is 15.5 Å². The Kier molecular flexibility index (Phi) is 5.82. The van der Waals surface area contributed by atoms with E-state index in [4.69, 9.17) is 0 Å². The third-order valence-electron chi connectivity index (χ3n) is 3.10. The lowest BCUT2D eigenvalue weighted by Crippen LogP contribution is -2.25. The van der Waals surface area contributed by atoms with Crippen LogP contribution in [0.25, 0.3) is 0 Å². The fourth-order valence-corrected chi connectivity index (χ4v) is 1.81. The fraction of sp³-hybridized carbons (Fsp3) is 0.312. The van der Waals surface area contributed by atoms with Gasteiger partial charge in [-0.3, -0.25) is 4.79 Å². The molecule has 1 aromatic carbocycles. The number of amides is 1. The largest absolute Gasteiger partial charge is 0.365 e. The molecule has 1 heterocycles. The van der Waals surface area contributed by atoms with E-state index in [2.05, 4.69) is 27.8 Å². The van der Waals surface area contributed by atoms with Crippen LogP contribution in [0.5, 0.6) is 0 Å². The summed E-state index contributed by atoms with van der Waals surface area (Å²) in [5.74, 6) is 0.0856. The normalized spacial score (nSPS) is 10.3. The number of carbonyl (C=O) groups is 1. The van der Waals surface area contributed by atoms with Gasteiger partial charge in [0.2, 0.25) is 0 Å². The van der Waals surface area contributed by atoms with Crippen molar-refractivity contribution in [3.8, 4) is 0 Å². The highest BCUT2D eigenvalue weighted by Crippen LogP contribution is 2.07. The number of unbranched alkanes of at least 4 members (excludes halogenated alkanes) is 1. The molecule has 0 unspecified atom stereocenters. The Balaban J connectivity index is 1.86. The maximum atomic E-state index is 12.8. The van der Waals surface area contributed by atoms with Crippen LogP contribution in [-0.4, -0.2) is 22.6 Å². The van der Waals surface area contributed by atoms with Crippen molar-refractivity contribution >= 4 is 11.7 Å². The molecule has 5 nitrogen and oxygen atoms in total. The summed E-state index contributed by atoms with van der Waals surface area (Å²) >= 11 is 0. The van der Waals surface area contributed by atoms with Gasteiger partial charge in [-0.15, -0.1) is 10.2 Å². The topological polar surface area (TPSA) is 66.9 Å². The van der Waals surface area contributed by atoms with Gasteiger partial charge in [-0.05, 0) is 36.2 Å². The molecule has 0 bridgehead atoms. The van der Waals surface area contributed by atoms with E-state index in [-0.39, 0.29) is 11.7 Å². The van der Waals surface area contributed by atoms with E-state index in [1.807, 2.05) is 0 Å². The van der Waals surface area contributed by atoms with Gasteiger partial charge < -0.3 is 10.6 Å². The molecule has 0 radical (unpaired) electrons. The molecule has 0 aliphatic rings. The Labute approximate surface area is 129 Å². The smallest absolute Gasteiger partial charge is 0.271 e. The average molecular weight is 302 g/mol. The molecule has 0 atom stereocenters. The van der Waals surface area contributed by atoms with E-state index in [0.29, 0.717) is 24.6 Å². The second-order valence-corrected chi connectivity index (χ2v) is 4.89. The van der Waals surface area contributed by atoms with Crippen LogP contribution in [0.3, 0.4) is 0 Å². The average Bonchev–Trinajstić information content (AvgIpc) is 2.55. The highest BCUT2D eigenvalue weighted by Gasteiger charge is 2.07. The number of nitrogens with zero attached hydrogens (tertiary/aromatic N) is 2. The van der Waals surface area contributed by atoms with Crippen LogP contribution in [0, 0.1) is 5.82 Å². The highest BCUT2D eigenvalue weighted by molar-refractivity contribution is 5.92. The number of nitrogens with one attached hydrogen (secondary N) is 2. The van der Waals surface area contributed by atoms with Gasteiger partial charge in [-0.25, -0.2) is 4.39 Å². The minimum atomic E-state index is -0.262. The van der Waals surface area contributed by atoms with E-state index in [9.17, 15) is 9.18 Å². The number of carbonyl (C=O) groups excluding carboxylic acids is 1. The number of benzene rings is 1. The second-order valence-electron chi connectivity index (χ2n) is 4.89. The first-order valence-corrected chi connectivity index (χ1v) is 7.29. The number of hydrogen-bond donors (Lipinski definition) is 2. The van der Waals surface area contributed by atoms with Gasteiger partial charge in [0.15, 0.2) is 5.69 Å². The third kappa shape index (κ3) is 4.80. The van der Waals surface area contributed by atoms with Crippen LogP contribution in [0.15, 0.2) is 36.4 Å². The zero-order valence-corrected chi connectivity index (χ0v) is 12.5. The summed E-state index contributed by atoms with van der Waals surface area (Å²) in [5, 5.41) is 13.7. The minimum Gasteiger partial charge on any atom is -0.365 e. The summed E-state index contributed by atoms with van der Waals surface area (Å²) in [4.78, 5) is 11.8. The van der Waals surface area contributed by atoms with Gasteiger partial charge in [0.05, 0.1) is 0 Å². The SMILES string of the molecule is CCCCNC(=O)c1ccc(NCc2ccc(F)cc2)nn1. The van der Waals surface area contributed by atoms with Crippen molar-refractivity contribution in [1.29, 1.82) is 0 Å². The Hall–Kier alpha value is -2.50. The maximum Gasteiger partial charge on any atom is 0.271 e. The molecule has 0 aliphatic heterocycles. The van der Waals surface area contributed by atoms with Crippen molar-refractivity contribution in [3.63, 3.8) is 0 Å². The van der Waals surface area contributed by atoms with Gasteiger partial charge in [-0.1, -0.05) is 25.5 Å². The Bertz CT molecular complexity index is 599. The van der Waals surface area contributed by atoms with E-state index in [1.165, 1.54) is 12.1 Å². The Morgan fingerprint density at radius 3 is 2.55 bits per heavy atom. The van der Waals surface area contributed by atoms with Crippen molar-refractivity contribution in [2.45, 2.75) is 26.3 Å². The van der Waals surface area contributed by atoms with Crippen molar-refractivity contribution in [2.24, 2.45) is 0 Å². The maximum absolute atomic E-state index is 12.8. The third-order valence-corrected chi connectivity index (χ3v) is 3.10. The second kappa shape index (κ2) is 8.07. The fourth-order valence-electron chi connectivity index (χ4n) is 1.81. The molecule has 0 aliphatic carbocycles. The molecular formula is C16H19FN4O. The molecular weight excluding hydrogens is 283 g/mol. The molecule has 0 spiro atoms. The molecule has 0 fully saturated rings. The summed E-state index contributed by atoms with van der Waals surface area (Å²) in [6.45, 7) is 3.21. The summed E-state index contributed by atoms with van der Waals surface area (Å²) in [6, 6.07) is 9.54. The molecule has 0 saturated heterocycles. The van der Waals surface area contributed by atoms with Gasteiger partial charge in [0.25, 0.3) is 5.91 Å². The lowest BCUT2D eigenvalue weighted by atomic mass is 10.2. The zero-order valence-electron chi connectivity index (χ0n) is 12.5. The van der Waals surface area contributed by atoms with Crippen LogP contribution in [0.4, 0.5) is 10.2 Å². The van der Waals surface area contributed by atoms with E-state index < -0.39 is 0 Å². The van der Waals surface area contributed by atoms with Gasteiger partial charge in [-0.2, -0.15) is 0 Å². The molecule has 0 saturated carbocycles.